The highest BCUT2D eigenvalue weighted by Gasteiger charge is 2.26. The minimum Gasteiger partial charge on any atom is -0.642 e. The van der Waals surface area contributed by atoms with Crippen LogP contribution in [-0.4, -0.2) is 14.5 Å². The Morgan fingerprint density at radius 2 is 1.45 bits per heavy atom. The lowest BCUT2D eigenvalue weighted by atomic mass is 10.1. The summed E-state index contributed by atoms with van der Waals surface area (Å²) in [6.45, 7) is 9.19. The maximum Gasteiger partial charge on any atom is 0.547 e. The summed E-state index contributed by atoms with van der Waals surface area (Å²) in [5.41, 5.74) is 0. The highest BCUT2D eigenvalue weighted by molar-refractivity contribution is 6.53. The summed E-state index contributed by atoms with van der Waals surface area (Å²) >= 11 is -1.18. The Morgan fingerprint density at radius 3 is 2.10 bits per heavy atom. The van der Waals surface area contributed by atoms with Crippen molar-refractivity contribution >= 4 is 25.3 Å². The third-order valence-corrected chi connectivity index (χ3v) is 7.04. The van der Waals surface area contributed by atoms with Crippen molar-refractivity contribution in [2.45, 2.75) is 38.3 Å². The molecule has 0 radical (unpaired) electrons. The third kappa shape index (κ3) is 4.27. The van der Waals surface area contributed by atoms with Crippen LogP contribution in [0.3, 0.4) is 0 Å². The van der Waals surface area contributed by atoms with Gasteiger partial charge in [-0.15, -0.1) is 0 Å². The molecular weight excluding hydrogens is 259 g/mol. The van der Waals surface area contributed by atoms with Gasteiger partial charge in [0.25, 0.3) is 0 Å². The van der Waals surface area contributed by atoms with Gasteiger partial charge in [0, 0.05) is 5.39 Å². The zero-order chi connectivity index (χ0) is 14.5. The van der Waals surface area contributed by atoms with Gasteiger partial charge in [0.05, 0.1) is 5.75 Å². The number of rotatable bonds is 6. The van der Waals surface area contributed by atoms with Crippen molar-refractivity contribution < 1.29 is 3.79 Å². The molecule has 2 aromatic carbocycles. The molecule has 1 nitrogen and oxygen atoms in total. The predicted octanol–water partition coefficient (Wildman–Crippen LogP) is 5.52. The van der Waals surface area contributed by atoms with Crippen LogP contribution in [0.15, 0.2) is 42.5 Å². The van der Waals surface area contributed by atoms with Gasteiger partial charge in [-0.2, -0.15) is 0 Å². The maximum absolute atomic E-state index is 6.49. The minimum absolute atomic E-state index is 0.723. The standard InChI is InChI=1S/C10H8O.2C4H9.Al/c11-10-7-3-5-8-4-1-2-6-9(8)10;2*1-4(2)3;/h1-7,11H;2*4H,1H2,2-3H3;/q;;;+1/p-1. The van der Waals surface area contributed by atoms with Crippen LogP contribution < -0.4 is 3.79 Å². The second kappa shape index (κ2) is 7.16. The largest absolute Gasteiger partial charge is 0.642 e. The zero-order valence-electron chi connectivity index (χ0n) is 13.1. The molecule has 2 aromatic rings. The van der Waals surface area contributed by atoms with Gasteiger partial charge >= 0.3 is 14.5 Å². The Balaban J connectivity index is 2.23. The third-order valence-electron chi connectivity index (χ3n) is 3.51. The second-order valence-electron chi connectivity index (χ2n) is 6.48. The molecule has 0 bridgehead atoms. The van der Waals surface area contributed by atoms with Gasteiger partial charge in [0.1, 0.15) is 0 Å². The van der Waals surface area contributed by atoms with Crippen molar-refractivity contribution in [3.8, 4) is 5.75 Å². The van der Waals surface area contributed by atoms with Crippen LogP contribution in [0.25, 0.3) is 10.8 Å². The van der Waals surface area contributed by atoms with Crippen LogP contribution in [0, 0.1) is 11.8 Å². The second-order valence-corrected chi connectivity index (χ2v) is 8.90. The van der Waals surface area contributed by atoms with Gasteiger partial charge in [0.15, 0.2) is 0 Å². The molecule has 0 aliphatic rings. The quantitative estimate of drug-likeness (QED) is 0.634. The van der Waals surface area contributed by atoms with E-state index in [2.05, 4.69) is 70.2 Å². The van der Waals surface area contributed by atoms with E-state index in [4.69, 9.17) is 3.79 Å². The zero-order valence-corrected chi connectivity index (χ0v) is 14.3. The number of fused-ring (bicyclic) bond motifs is 1. The summed E-state index contributed by atoms with van der Waals surface area (Å²) < 4.78 is 6.49. The van der Waals surface area contributed by atoms with E-state index in [-0.39, 0.29) is 0 Å². The van der Waals surface area contributed by atoms with Gasteiger partial charge < -0.3 is 3.79 Å². The van der Waals surface area contributed by atoms with Crippen molar-refractivity contribution in [3.63, 3.8) is 0 Å². The lowest BCUT2D eigenvalue weighted by Gasteiger charge is -2.19. The SMILES string of the molecule is CC(C)[CH2][Al]([CH2]C(C)C)[O]c1cccc2ccccc12. The molecule has 0 spiro atoms. The normalized spacial score (nSPS) is 11.3. The molecule has 106 valence electrons. The lowest BCUT2D eigenvalue weighted by molar-refractivity contribution is 0.531. The van der Waals surface area contributed by atoms with Crippen LogP contribution in [0.2, 0.25) is 10.6 Å². The predicted molar refractivity (Wildman–Crippen MR) is 89.6 cm³/mol. The molecular formula is C18H25AlO. The summed E-state index contributed by atoms with van der Waals surface area (Å²) in [5.74, 6) is 2.53. The molecule has 0 atom stereocenters. The van der Waals surface area contributed by atoms with Gasteiger partial charge in [-0.05, 0) is 11.5 Å². The first-order chi connectivity index (χ1) is 9.56. The molecule has 0 aliphatic carbocycles. The van der Waals surface area contributed by atoms with Crippen molar-refractivity contribution in [2.24, 2.45) is 11.8 Å². The fraction of sp³-hybridized carbons (Fsp3) is 0.444. The van der Waals surface area contributed by atoms with Crippen molar-refractivity contribution in [1.82, 2.24) is 0 Å². The Morgan fingerprint density at radius 1 is 0.850 bits per heavy atom. The summed E-state index contributed by atoms with van der Waals surface area (Å²) in [4.78, 5) is 0. The lowest BCUT2D eigenvalue weighted by Crippen LogP contribution is -2.25. The first kappa shape index (κ1) is 15.4. The first-order valence-electron chi connectivity index (χ1n) is 7.70. The number of hydrogen-bond acceptors (Lipinski definition) is 1. The fourth-order valence-electron chi connectivity index (χ4n) is 2.72. The Hall–Kier alpha value is -0.968. The molecule has 0 unspecified atom stereocenters. The molecule has 0 saturated heterocycles. The van der Waals surface area contributed by atoms with Gasteiger partial charge in [-0.3, -0.25) is 0 Å². The Kier molecular flexibility index (Phi) is 5.52. The van der Waals surface area contributed by atoms with Crippen molar-refractivity contribution in [2.75, 3.05) is 0 Å². The summed E-state index contributed by atoms with van der Waals surface area (Å²) in [6.07, 6.45) is 0. The molecule has 2 heteroatoms. The maximum atomic E-state index is 6.49. The van der Waals surface area contributed by atoms with Crippen molar-refractivity contribution in [1.29, 1.82) is 0 Å². The number of hydrogen-bond donors (Lipinski definition) is 0. The van der Waals surface area contributed by atoms with Gasteiger partial charge in [-0.1, -0.05) is 86.5 Å². The highest BCUT2D eigenvalue weighted by Crippen LogP contribution is 2.28. The summed E-state index contributed by atoms with van der Waals surface area (Å²) in [5, 5.41) is 5.02. The molecule has 0 fully saturated rings. The van der Waals surface area contributed by atoms with E-state index in [0.717, 1.165) is 17.6 Å². The van der Waals surface area contributed by atoms with Gasteiger partial charge in [0.2, 0.25) is 0 Å². The van der Waals surface area contributed by atoms with E-state index in [1.54, 1.807) is 0 Å². The Labute approximate surface area is 127 Å². The van der Waals surface area contributed by atoms with E-state index < -0.39 is 14.5 Å². The molecule has 2 rings (SSSR count). The average Bonchev–Trinajstić information content (AvgIpc) is 2.37. The van der Waals surface area contributed by atoms with Crippen LogP contribution in [0.4, 0.5) is 0 Å². The van der Waals surface area contributed by atoms with E-state index >= 15 is 0 Å². The van der Waals surface area contributed by atoms with Crippen LogP contribution >= 0.6 is 0 Å². The molecule has 0 saturated carbocycles. The molecule has 0 heterocycles. The molecule has 0 aliphatic heterocycles. The van der Waals surface area contributed by atoms with Gasteiger partial charge in [-0.25, -0.2) is 0 Å². The number of benzene rings is 2. The molecule has 0 N–H and O–H groups in total. The molecule has 20 heavy (non-hydrogen) atoms. The van der Waals surface area contributed by atoms with E-state index in [0.29, 0.717) is 0 Å². The monoisotopic (exact) mass is 284 g/mol. The smallest absolute Gasteiger partial charge is 0.547 e. The van der Waals surface area contributed by atoms with Crippen LogP contribution in [0.1, 0.15) is 27.7 Å². The summed E-state index contributed by atoms with van der Waals surface area (Å²) in [7, 11) is 0. The summed E-state index contributed by atoms with van der Waals surface area (Å²) in [6, 6.07) is 14.9. The average molecular weight is 284 g/mol. The molecule has 0 aromatic heterocycles. The van der Waals surface area contributed by atoms with Crippen LogP contribution in [0.5, 0.6) is 5.75 Å². The Bertz CT molecular complexity index is 533. The fourth-order valence-corrected chi connectivity index (χ4v) is 5.77. The highest BCUT2D eigenvalue weighted by atomic mass is 27.2. The first-order valence-corrected chi connectivity index (χ1v) is 9.81. The molecule has 0 amide bonds. The van der Waals surface area contributed by atoms with E-state index in [9.17, 15) is 0 Å². The topological polar surface area (TPSA) is 9.23 Å². The van der Waals surface area contributed by atoms with E-state index in [1.165, 1.54) is 21.3 Å². The minimum atomic E-state index is -1.18. The van der Waals surface area contributed by atoms with E-state index in [1.807, 2.05) is 0 Å². The van der Waals surface area contributed by atoms with Crippen LogP contribution in [-0.2, 0) is 0 Å². The van der Waals surface area contributed by atoms with Crippen molar-refractivity contribution in [3.05, 3.63) is 42.5 Å².